The smallest absolute Gasteiger partial charge is 0.153 e. The van der Waals surface area contributed by atoms with Crippen LogP contribution >= 0.6 is 0 Å². The molecule has 0 spiro atoms. The molecule has 0 aliphatic carbocycles. The van der Waals surface area contributed by atoms with E-state index < -0.39 is 0 Å². The Bertz CT molecular complexity index is 399. The number of rotatable bonds is 9. The first kappa shape index (κ1) is 15.5. The summed E-state index contributed by atoms with van der Waals surface area (Å²) < 4.78 is 10.6. The third-order valence-electron chi connectivity index (χ3n) is 3.31. The molecule has 1 aromatic rings. The molecule has 0 atom stereocenters. The van der Waals surface area contributed by atoms with Crippen molar-refractivity contribution in [1.82, 2.24) is 0 Å². The van der Waals surface area contributed by atoms with Crippen LogP contribution in [0, 0.1) is 0 Å². The molecule has 0 aromatic heterocycles. The number of aldehydes is 1. The van der Waals surface area contributed by atoms with Gasteiger partial charge in [0.25, 0.3) is 0 Å². The Hall–Kier alpha value is -1.51. The molecule has 1 rings (SSSR count). The quantitative estimate of drug-likeness (QED) is 0.499. The fourth-order valence-electron chi connectivity index (χ4n) is 2.19. The maximum atomic E-state index is 11.0. The Balaban J connectivity index is 2.72. The Kier molecular flexibility index (Phi) is 7.01. The summed E-state index contributed by atoms with van der Waals surface area (Å²) in [5.41, 5.74) is 1.65. The lowest BCUT2D eigenvalue weighted by atomic mass is 10.0. The number of benzene rings is 1. The van der Waals surface area contributed by atoms with Gasteiger partial charge >= 0.3 is 0 Å². The van der Waals surface area contributed by atoms with Gasteiger partial charge in [0.1, 0.15) is 11.5 Å². The van der Waals surface area contributed by atoms with Crippen molar-refractivity contribution in [3.8, 4) is 11.5 Å². The predicted octanol–water partition coefficient (Wildman–Crippen LogP) is 4.03. The predicted molar refractivity (Wildman–Crippen MR) is 77.4 cm³/mol. The summed E-state index contributed by atoms with van der Waals surface area (Å²) in [6, 6.07) is 3.68. The van der Waals surface area contributed by atoms with Gasteiger partial charge in [-0.2, -0.15) is 0 Å². The molecule has 0 saturated heterocycles. The van der Waals surface area contributed by atoms with Gasteiger partial charge in [-0.25, -0.2) is 0 Å². The van der Waals surface area contributed by atoms with Crippen LogP contribution < -0.4 is 9.47 Å². The molecule has 0 heterocycles. The Morgan fingerprint density at radius 1 is 1.00 bits per heavy atom. The number of aryl methyl sites for hydroxylation is 1. The van der Waals surface area contributed by atoms with Crippen molar-refractivity contribution < 1.29 is 14.3 Å². The zero-order valence-electron chi connectivity index (χ0n) is 12.2. The average Bonchev–Trinajstić information content (AvgIpc) is 2.46. The summed E-state index contributed by atoms with van der Waals surface area (Å²) in [6.45, 7) is 2.21. The number of ether oxygens (including phenoxy) is 2. The Labute approximate surface area is 115 Å². The molecule has 0 fully saturated rings. The molecule has 0 amide bonds. The minimum Gasteiger partial charge on any atom is -0.496 e. The standard InChI is InChI=1S/C16H24O3/c1-4-5-6-7-8-9-13-10-16(19-3)14(12-17)11-15(13)18-2/h10-12H,4-9H2,1-3H3. The van der Waals surface area contributed by atoms with Crippen LogP contribution in [0.1, 0.15) is 54.9 Å². The van der Waals surface area contributed by atoms with Gasteiger partial charge in [-0.05, 0) is 30.5 Å². The summed E-state index contributed by atoms with van der Waals surface area (Å²) in [5.74, 6) is 1.40. The fourth-order valence-corrected chi connectivity index (χ4v) is 2.19. The van der Waals surface area contributed by atoms with Crippen molar-refractivity contribution in [3.05, 3.63) is 23.3 Å². The molecule has 0 unspecified atom stereocenters. The van der Waals surface area contributed by atoms with Crippen LogP contribution in [-0.4, -0.2) is 20.5 Å². The van der Waals surface area contributed by atoms with E-state index in [2.05, 4.69) is 6.92 Å². The van der Waals surface area contributed by atoms with Gasteiger partial charge in [0, 0.05) is 0 Å². The fraction of sp³-hybridized carbons (Fsp3) is 0.562. The minimum atomic E-state index is 0.536. The van der Waals surface area contributed by atoms with Gasteiger partial charge in [0.05, 0.1) is 19.8 Å². The van der Waals surface area contributed by atoms with E-state index >= 15 is 0 Å². The molecule has 3 heteroatoms. The molecule has 1 aromatic carbocycles. The van der Waals surface area contributed by atoms with E-state index in [1.165, 1.54) is 25.7 Å². The third-order valence-corrected chi connectivity index (χ3v) is 3.31. The lowest BCUT2D eigenvalue weighted by Gasteiger charge is -2.12. The number of hydrogen-bond donors (Lipinski definition) is 0. The SMILES string of the molecule is CCCCCCCc1cc(OC)c(C=O)cc1OC. The minimum absolute atomic E-state index is 0.536. The molecule has 0 bridgehead atoms. The van der Waals surface area contributed by atoms with E-state index in [1.807, 2.05) is 6.07 Å². The zero-order chi connectivity index (χ0) is 14.1. The highest BCUT2D eigenvalue weighted by Crippen LogP contribution is 2.29. The average molecular weight is 264 g/mol. The molecule has 0 saturated carbocycles. The van der Waals surface area contributed by atoms with E-state index in [-0.39, 0.29) is 0 Å². The van der Waals surface area contributed by atoms with Gasteiger partial charge in [0.15, 0.2) is 6.29 Å². The van der Waals surface area contributed by atoms with Crippen LogP contribution in [0.15, 0.2) is 12.1 Å². The molecule has 0 radical (unpaired) electrons. The van der Waals surface area contributed by atoms with Crippen LogP contribution in [0.2, 0.25) is 0 Å². The maximum absolute atomic E-state index is 11.0. The normalized spacial score (nSPS) is 10.3. The van der Waals surface area contributed by atoms with Crippen molar-refractivity contribution >= 4 is 6.29 Å². The lowest BCUT2D eigenvalue weighted by molar-refractivity contribution is 0.112. The molecule has 0 N–H and O–H groups in total. The number of carbonyl (C=O) groups is 1. The Morgan fingerprint density at radius 3 is 2.26 bits per heavy atom. The highest BCUT2D eigenvalue weighted by molar-refractivity contribution is 5.80. The zero-order valence-corrected chi connectivity index (χ0v) is 12.2. The number of unbranched alkanes of at least 4 members (excludes halogenated alkanes) is 4. The van der Waals surface area contributed by atoms with E-state index in [0.717, 1.165) is 30.4 Å². The molecule has 0 aliphatic heterocycles. The van der Waals surface area contributed by atoms with Gasteiger partial charge < -0.3 is 9.47 Å². The highest BCUT2D eigenvalue weighted by Gasteiger charge is 2.10. The number of hydrogen-bond acceptors (Lipinski definition) is 3. The van der Waals surface area contributed by atoms with Gasteiger partial charge in [-0.1, -0.05) is 32.6 Å². The highest BCUT2D eigenvalue weighted by atomic mass is 16.5. The number of carbonyl (C=O) groups excluding carboxylic acids is 1. The second kappa shape index (κ2) is 8.57. The largest absolute Gasteiger partial charge is 0.496 e. The Morgan fingerprint density at radius 2 is 1.68 bits per heavy atom. The first-order valence-electron chi connectivity index (χ1n) is 6.96. The second-order valence-electron chi connectivity index (χ2n) is 4.69. The molecule has 3 nitrogen and oxygen atoms in total. The van der Waals surface area contributed by atoms with E-state index in [4.69, 9.17) is 9.47 Å². The van der Waals surface area contributed by atoms with Crippen LogP contribution in [0.3, 0.4) is 0 Å². The van der Waals surface area contributed by atoms with Gasteiger partial charge in [0.2, 0.25) is 0 Å². The van der Waals surface area contributed by atoms with Crippen molar-refractivity contribution in [2.75, 3.05) is 14.2 Å². The van der Waals surface area contributed by atoms with Crippen molar-refractivity contribution in [1.29, 1.82) is 0 Å². The van der Waals surface area contributed by atoms with E-state index in [1.54, 1.807) is 20.3 Å². The summed E-state index contributed by atoms with van der Waals surface area (Å²) in [4.78, 5) is 11.0. The van der Waals surface area contributed by atoms with Crippen LogP contribution in [0.25, 0.3) is 0 Å². The summed E-state index contributed by atoms with van der Waals surface area (Å²) in [6.07, 6.45) is 7.96. The van der Waals surface area contributed by atoms with Crippen molar-refractivity contribution in [2.45, 2.75) is 45.4 Å². The summed E-state index contributed by atoms with van der Waals surface area (Å²) >= 11 is 0. The molecular formula is C16H24O3. The lowest BCUT2D eigenvalue weighted by Crippen LogP contribution is -1.98. The van der Waals surface area contributed by atoms with Crippen molar-refractivity contribution in [2.24, 2.45) is 0 Å². The van der Waals surface area contributed by atoms with Crippen LogP contribution in [0.4, 0.5) is 0 Å². The van der Waals surface area contributed by atoms with Crippen molar-refractivity contribution in [3.63, 3.8) is 0 Å². The molecule has 106 valence electrons. The summed E-state index contributed by atoms with van der Waals surface area (Å²) in [5, 5.41) is 0. The van der Waals surface area contributed by atoms with Crippen LogP contribution in [0.5, 0.6) is 11.5 Å². The second-order valence-corrected chi connectivity index (χ2v) is 4.69. The maximum Gasteiger partial charge on any atom is 0.153 e. The first-order chi connectivity index (χ1) is 9.26. The molecular weight excluding hydrogens is 240 g/mol. The number of methoxy groups -OCH3 is 2. The first-order valence-corrected chi connectivity index (χ1v) is 6.96. The topological polar surface area (TPSA) is 35.5 Å². The van der Waals surface area contributed by atoms with E-state index in [0.29, 0.717) is 11.3 Å². The third kappa shape index (κ3) is 4.58. The van der Waals surface area contributed by atoms with E-state index in [9.17, 15) is 4.79 Å². The molecule has 19 heavy (non-hydrogen) atoms. The monoisotopic (exact) mass is 264 g/mol. The van der Waals surface area contributed by atoms with Gasteiger partial charge in [-0.15, -0.1) is 0 Å². The van der Waals surface area contributed by atoms with Crippen LogP contribution in [-0.2, 0) is 6.42 Å². The molecule has 0 aliphatic rings. The summed E-state index contributed by atoms with van der Waals surface area (Å²) in [7, 11) is 3.22. The van der Waals surface area contributed by atoms with Gasteiger partial charge in [-0.3, -0.25) is 4.79 Å².